The lowest BCUT2D eigenvalue weighted by atomic mass is 9.87. The second-order valence-electron chi connectivity index (χ2n) is 15.4. The number of aliphatic hydroxyl groups is 10. The number of rotatable bonds is 22. The molecule has 0 aromatic rings. The minimum absolute atomic E-state index is 0.138. The van der Waals surface area contributed by atoms with Crippen LogP contribution in [0.5, 0.6) is 0 Å². The topological polar surface area (TPSA) is 247 Å². The van der Waals surface area contributed by atoms with Gasteiger partial charge in [0.15, 0.2) is 6.29 Å². The van der Waals surface area contributed by atoms with Gasteiger partial charge in [0.2, 0.25) is 0 Å². The third-order valence-corrected chi connectivity index (χ3v) is 10.3. The molecule has 0 aromatic carbocycles. The van der Waals surface area contributed by atoms with Gasteiger partial charge < -0.3 is 65.3 Å². The molecule has 1 fully saturated rings. The summed E-state index contributed by atoms with van der Waals surface area (Å²) in [6.07, 6.45) is -5.61. The fourth-order valence-corrected chi connectivity index (χ4v) is 6.71. The first-order chi connectivity index (χ1) is 25.1. The maximum Gasteiger partial charge on any atom is 0.333 e. The van der Waals surface area contributed by atoms with Crippen LogP contribution in [0.15, 0.2) is 46.6 Å². The van der Waals surface area contributed by atoms with E-state index in [2.05, 4.69) is 26.8 Å². The normalized spacial score (nSPS) is 28.3. The molecule has 1 heterocycles. The van der Waals surface area contributed by atoms with E-state index >= 15 is 0 Å². The van der Waals surface area contributed by atoms with E-state index in [4.69, 9.17) is 19.3 Å². The predicted octanol–water partition coefficient (Wildman–Crippen LogP) is 1.28. The molecule has 1 saturated heterocycles. The number of carbonyl (C=O) groups excluding carboxylic acids is 1. The first-order valence-electron chi connectivity index (χ1n) is 19.0. The molecule has 1 aliphatic heterocycles. The van der Waals surface area contributed by atoms with Crippen molar-refractivity contribution in [1.29, 1.82) is 0 Å². The number of hydrogen-bond acceptors (Lipinski definition) is 14. The maximum atomic E-state index is 12.5. The van der Waals surface area contributed by atoms with Crippen molar-refractivity contribution < 1.29 is 70.1 Å². The molecule has 54 heavy (non-hydrogen) atoms. The van der Waals surface area contributed by atoms with Crippen molar-refractivity contribution in [2.45, 2.75) is 149 Å². The minimum atomic E-state index is -1.71. The van der Waals surface area contributed by atoms with Gasteiger partial charge in [0, 0.05) is 23.3 Å². The molecule has 1 rings (SSSR count). The highest BCUT2D eigenvalue weighted by molar-refractivity contribution is 5.87. The van der Waals surface area contributed by atoms with Crippen molar-refractivity contribution in [3.8, 4) is 0 Å². The summed E-state index contributed by atoms with van der Waals surface area (Å²) < 4.78 is 17.0. The van der Waals surface area contributed by atoms with E-state index in [1.54, 1.807) is 33.8 Å². The summed E-state index contributed by atoms with van der Waals surface area (Å²) >= 11 is 0. The van der Waals surface area contributed by atoms with Gasteiger partial charge in [-0.3, -0.25) is 0 Å². The van der Waals surface area contributed by atoms with Crippen molar-refractivity contribution >= 4 is 5.97 Å². The van der Waals surface area contributed by atoms with Gasteiger partial charge in [-0.2, -0.15) is 0 Å². The molecule has 0 radical (unpaired) electrons. The molecule has 314 valence electrons. The Bertz CT molecular complexity index is 1250. The zero-order valence-electron chi connectivity index (χ0n) is 33.7. The lowest BCUT2D eigenvalue weighted by Crippen LogP contribution is -2.60. The first kappa shape index (κ1) is 50.0. The Labute approximate surface area is 321 Å². The lowest BCUT2D eigenvalue weighted by molar-refractivity contribution is -0.310. The van der Waals surface area contributed by atoms with Gasteiger partial charge in [0.05, 0.1) is 31.5 Å². The Morgan fingerprint density at radius 2 is 1.26 bits per heavy atom. The smallest absolute Gasteiger partial charge is 0.333 e. The molecule has 14 heteroatoms. The van der Waals surface area contributed by atoms with E-state index in [0.717, 1.165) is 18.4 Å². The molecule has 0 aromatic heterocycles. The van der Waals surface area contributed by atoms with Crippen LogP contribution in [0.25, 0.3) is 0 Å². The Hall–Kier alpha value is -2.05. The van der Waals surface area contributed by atoms with Crippen LogP contribution in [0.3, 0.4) is 0 Å². The van der Waals surface area contributed by atoms with Crippen molar-refractivity contribution in [3.05, 3.63) is 46.6 Å². The molecule has 0 spiro atoms. The van der Waals surface area contributed by atoms with Crippen LogP contribution in [-0.2, 0) is 19.0 Å². The number of aliphatic hydroxyl groups excluding tert-OH is 10. The van der Waals surface area contributed by atoms with Gasteiger partial charge in [-0.25, -0.2) is 4.79 Å². The highest BCUT2D eigenvalue weighted by Crippen LogP contribution is 2.30. The van der Waals surface area contributed by atoms with Gasteiger partial charge in [-0.15, -0.1) is 0 Å². The molecular weight excluding hydrogens is 704 g/mol. The zero-order chi connectivity index (χ0) is 41.6. The van der Waals surface area contributed by atoms with Crippen LogP contribution in [0, 0.1) is 29.6 Å². The van der Waals surface area contributed by atoms with E-state index in [9.17, 15) is 50.8 Å². The van der Waals surface area contributed by atoms with E-state index in [1.165, 1.54) is 13.0 Å². The predicted molar refractivity (Wildman–Crippen MR) is 202 cm³/mol. The van der Waals surface area contributed by atoms with Crippen molar-refractivity contribution in [1.82, 2.24) is 0 Å². The molecule has 0 aliphatic carbocycles. The SMILES string of the molecule is CC[C@@H](C)C[C@@H](C)/C=C(\C)[C@@H](O[C@@H]1O[C@H](CO)[C@@H](O)[C@H](O)[C@@H]1O)[C@H](C)/C=C(/C)[C@H](O)[C@@H](C)/C=C(\C)[C@@H](O)[C@H](C)/C=C(\C)C(=O)OC[C@@H](O)[C@H](O)[C@H](O)CO. The molecule has 0 saturated carbocycles. The second-order valence-corrected chi connectivity index (χ2v) is 15.4. The summed E-state index contributed by atoms with van der Waals surface area (Å²) in [7, 11) is 0. The standard InChI is InChI=1S/C40H70O14/c1-11-20(2)12-21(3)13-26(8)38(54-40-37(50)36(49)35(48)31(18-42)53-40)27(9)15-24(6)32(45)22(4)14-23(5)33(46)25(7)16-28(10)39(51)52-19-30(44)34(47)29(43)17-41/h13-16,20-22,25,27,29-38,40-50H,11-12,17-19H2,1-10H3/b23-14+,24-15-,26-13+,28-16+/t20-,21-,22+,25-,27-,29-,30-,31-,32-,33-,34-,35-,36+,37+,38-,40+/m1/s1. The van der Waals surface area contributed by atoms with Crippen LogP contribution in [0.4, 0.5) is 0 Å². The van der Waals surface area contributed by atoms with Gasteiger partial charge in [0.25, 0.3) is 0 Å². The largest absolute Gasteiger partial charge is 0.459 e. The number of ether oxygens (including phenoxy) is 3. The molecule has 0 unspecified atom stereocenters. The van der Waals surface area contributed by atoms with Gasteiger partial charge in [-0.1, -0.05) is 72.3 Å². The summed E-state index contributed by atoms with van der Waals surface area (Å²) in [4.78, 5) is 12.5. The van der Waals surface area contributed by atoms with E-state index in [0.29, 0.717) is 17.1 Å². The number of hydrogen-bond donors (Lipinski definition) is 10. The molecule has 10 N–H and O–H groups in total. The number of esters is 1. The number of allylic oxidation sites excluding steroid dienone is 1. The van der Waals surface area contributed by atoms with E-state index < -0.39 is 105 Å². The fourth-order valence-electron chi connectivity index (χ4n) is 6.71. The van der Waals surface area contributed by atoms with Gasteiger partial charge in [-0.05, 0) is 62.7 Å². The van der Waals surface area contributed by atoms with Crippen molar-refractivity contribution in [2.24, 2.45) is 29.6 Å². The summed E-state index contributed by atoms with van der Waals surface area (Å²) in [6.45, 7) is 16.7. The maximum absolute atomic E-state index is 12.5. The second kappa shape index (κ2) is 23.9. The third-order valence-electron chi connectivity index (χ3n) is 10.3. The molecule has 16 atom stereocenters. The average Bonchev–Trinajstić information content (AvgIpc) is 3.13. The van der Waals surface area contributed by atoms with E-state index in [1.807, 2.05) is 19.9 Å². The monoisotopic (exact) mass is 774 g/mol. The van der Waals surface area contributed by atoms with Crippen LogP contribution in [0.2, 0.25) is 0 Å². The van der Waals surface area contributed by atoms with Crippen LogP contribution in [0.1, 0.15) is 82.1 Å². The molecule has 14 nitrogen and oxygen atoms in total. The zero-order valence-corrected chi connectivity index (χ0v) is 33.7. The summed E-state index contributed by atoms with van der Waals surface area (Å²) in [6, 6.07) is 0. The highest BCUT2D eigenvalue weighted by atomic mass is 16.7. The van der Waals surface area contributed by atoms with Gasteiger partial charge >= 0.3 is 5.97 Å². The Morgan fingerprint density at radius 3 is 1.78 bits per heavy atom. The van der Waals surface area contributed by atoms with E-state index in [-0.39, 0.29) is 17.4 Å². The van der Waals surface area contributed by atoms with Crippen LogP contribution in [-0.4, -0.2) is 144 Å². The Kier molecular flexibility index (Phi) is 22.1. The first-order valence-corrected chi connectivity index (χ1v) is 19.0. The fraction of sp³-hybridized carbons (Fsp3) is 0.775. The van der Waals surface area contributed by atoms with Gasteiger partial charge in [0.1, 0.15) is 49.3 Å². The lowest BCUT2D eigenvalue weighted by Gasteiger charge is -2.41. The van der Waals surface area contributed by atoms with Crippen LogP contribution < -0.4 is 0 Å². The summed E-state index contributed by atoms with van der Waals surface area (Å²) in [5.74, 6) is -1.49. The Morgan fingerprint density at radius 1 is 0.722 bits per heavy atom. The van der Waals surface area contributed by atoms with Crippen LogP contribution >= 0.6 is 0 Å². The minimum Gasteiger partial charge on any atom is -0.459 e. The Balaban J connectivity index is 3.18. The molecule has 0 bridgehead atoms. The number of carbonyl (C=O) groups is 1. The quantitative estimate of drug-likeness (QED) is 0.0423. The summed E-state index contributed by atoms with van der Waals surface area (Å²) in [5.41, 5.74) is 2.14. The van der Waals surface area contributed by atoms with Crippen molar-refractivity contribution in [2.75, 3.05) is 19.8 Å². The highest BCUT2D eigenvalue weighted by Gasteiger charge is 2.45. The van der Waals surface area contributed by atoms with Crippen molar-refractivity contribution in [3.63, 3.8) is 0 Å². The molecular formula is C40H70O14. The molecule has 0 amide bonds. The average molecular weight is 775 g/mol. The third kappa shape index (κ3) is 15.1. The summed E-state index contributed by atoms with van der Waals surface area (Å²) in [5, 5.41) is 102. The molecule has 1 aliphatic rings.